The van der Waals surface area contributed by atoms with Crippen LogP contribution in [0.4, 0.5) is 0 Å². The second kappa shape index (κ2) is 67.1. The predicted molar refractivity (Wildman–Crippen MR) is 339 cm³/mol. The highest BCUT2D eigenvalue weighted by Gasteiger charge is 2.19. The number of carbonyl (C=O) groups is 3. The van der Waals surface area contributed by atoms with Gasteiger partial charge in [0.05, 0.1) is 0 Å². The summed E-state index contributed by atoms with van der Waals surface area (Å²) in [6, 6.07) is 0. The normalized spacial score (nSPS) is 12.2. The van der Waals surface area contributed by atoms with Crippen molar-refractivity contribution >= 4 is 17.9 Å². The van der Waals surface area contributed by atoms with Crippen LogP contribution in [0.15, 0.2) is 36.5 Å². The lowest BCUT2D eigenvalue weighted by Gasteiger charge is -2.18. The third-order valence-electron chi connectivity index (χ3n) is 15.8. The molecule has 0 bridgehead atoms. The van der Waals surface area contributed by atoms with Gasteiger partial charge < -0.3 is 14.2 Å². The van der Waals surface area contributed by atoms with E-state index >= 15 is 0 Å². The summed E-state index contributed by atoms with van der Waals surface area (Å²) in [6.07, 6.45) is 83.3. The second-order valence-corrected chi connectivity index (χ2v) is 23.8. The lowest BCUT2D eigenvalue weighted by atomic mass is 10.0. The molecule has 0 fully saturated rings. The third-order valence-corrected chi connectivity index (χ3v) is 15.8. The Morgan fingerprint density at radius 3 is 0.769 bits per heavy atom. The van der Waals surface area contributed by atoms with Crippen LogP contribution in [0, 0.1) is 0 Å². The molecule has 0 amide bonds. The van der Waals surface area contributed by atoms with Gasteiger partial charge in [0, 0.05) is 19.3 Å². The first-order valence-corrected chi connectivity index (χ1v) is 35.0. The predicted octanol–water partition coefficient (Wildman–Crippen LogP) is 23.9. The number of carbonyl (C=O) groups excluding carboxylic acids is 3. The highest BCUT2D eigenvalue weighted by Crippen LogP contribution is 2.19. The molecule has 0 aromatic rings. The average Bonchev–Trinajstić information content (AvgIpc) is 3.44. The van der Waals surface area contributed by atoms with E-state index in [1.54, 1.807) is 0 Å². The minimum absolute atomic E-state index is 0.0743. The first kappa shape index (κ1) is 75.6. The number of hydrogen-bond donors (Lipinski definition) is 0. The summed E-state index contributed by atoms with van der Waals surface area (Å²) >= 11 is 0. The molecule has 6 heteroatoms. The van der Waals surface area contributed by atoms with Crippen molar-refractivity contribution < 1.29 is 28.6 Å². The van der Waals surface area contributed by atoms with Gasteiger partial charge in [-0.3, -0.25) is 14.4 Å². The van der Waals surface area contributed by atoms with Crippen LogP contribution < -0.4 is 0 Å². The first-order chi connectivity index (χ1) is 38.5. The molecule has 78 heavy (non-hydrogen) atoms. The summed E-state index contributed by atoms with van der Waals surface area (Å²) in [6.45, 7) is 6.62. The highest BCUT2D eigenvalue weighted by atomic mass is 16.6. The minimum atomic E-state index is -0.779. The fourth-order valence-electron chi connectivity index (χ4n) is 10.6. The molecule has 0 saturated carbocycles. The Morgan fingerprint density at radius 1 is 0.256 bits per heavy atom. The molecule has 0 aromatic heterocycles. The Morgan fingerprint density at radius 2 is 0.487 bits per heavy atom. The van der Waals surface area contributed by atoms with Gasteiger partial charge in [-0.25, -0.2) is 0 Å². The molecule has 1 atom stereocenters. The molecule has 6 nitrogen and oxygen atoms in total. The number of allylic oxidation sites excluding steroid dienone is 6. The molecule has 1 unspecified atom stereocenters. The van der Waals surface area contributed by atoms with Crippen molar-refractivity contribution in [2.24, 2.45) is 0 Å². The molecular formula is C72H134O6. The Balaban J connectivity index is 4.14. The van der Waals surface area contributed by atoms with E-state index in [0.717, 1.165) is 83.5 Å². The summed E-state index contributed by atoms with van der Waals surface area (Å²) in [5.74, 6) is -0.869. The first-order valence-electron chi connectivity index (χ1n) is 35.0. The average molecular weight is 1100 g/mol. The van der Waals surface area contributed by atoms with Crippen LogP contribution >= 0.6 is 0 Å². The fourth-order valence-corrected chi connectivity index (χ4v) is 10.6. The summed E-state index contributed by atoms with van der Waals surface area (Å²) < 4.78 is 16.9. The van der Waals surface area contributed by atoms with Crippen molar-refractivity contribution in [1.82, 2.24) is 0 Å². The zero-order valence-electron chi connectivity index (χ0n) is 52.7. The van der Waals surface area contributed by atoms with E-state index in [1.807, 2.05) is 0 Å². The van der Waals surface area contributed by atoms with Crippen LogP contribution in [-0.2, 0) is 28.6 Å². The molecular weight excluding hydrogens is 961 g/mol. The number of esters is 3. The number of hydrogen-bond acceptors (Lipinski definition) is 6. The largest absolute Gasteiger partial charge is 0.462 e. The Bertz CT molecular complexity index is 1300. The third kappa shape index (κ3) is 64.5. The van der Waals surface area contributed by atoms with Crippen molar-refractivity contribution in [2.45, 2.75) is 393 Å². The minimum Gasteiger partial charge on any atom is -0.462 e. The summed E-state index contributed by atoms with van der Waals surface area (Å²) in [4.78, 5) is 38.3. The van der Waals surface area contributed by atoms with Crippen LogP contribution in [0.25, 0.3) is 0 Å². The van der Waals surface area contributed by atoms with Crippen LogP contribution in [0.2, 0.25) is 0 Å². The standard InChI is InChI=1S/C72H134O6/c1-4-7-10-13-16-19-22-25-27-29-30-31-32-33-34-35-36-37-38-39-40-41-43-44-47-50-53-56-59-62-65-71(74)77-68-69(67-76-70(73)64-61-58-55-52-49-46-24-21-18-15-12-9-6-3)78-72(75)66-63-60-57-54-51-48-45-42-28-26-23-20-17-14-11-8-5-2/h12,15,21,24,26,28,69H,4-11,13-14,16-20,22-23,25,27,29-68H2,1-3H3/b15-12-,24-21-,28-26-. The van der Waals surface area contributed by atoms with Gasteiger partial charge in [0.1, 0.15) is 13.2 Å². The van der Waals surface area contributed by atoms with Crippen LogP contribution in [0.1, 0.15) is 387 Å². The van der Waals surface area contributed by atoms with Gasteiger partial charge in [0.25, 0.3) is 0 Å². The second-order valence-electron chi connectivity index (χ2n) is 23.8. The van der Waals surface area contributed by atoms with Crippen LogP contribution in [0.5, 0.6) is 0 Å². The molecule has 0 heterocycles. The number of ether oxygens (including phenoxy) is 3. The molecule has 0 rings (SSSR count). The van der Waals surface area contributed by atoms with Crippen molar-refractivity contribution in [3.05, 3.63) is 36.5 Å². The number of rotatable bonds is 65. The van der Waals surface area contributed by atoms with Gasteiger partial charge in [-0.1, -0.05) is 333 Å². The Kier molecular flexibility index (Phi) is 65.1. The molecule has 458 valence electrons. The van der Waals surface area contributed by atoms with Crippen LogP contribution in [-0.4, -0.2) is 37.2 Å². The number of unbranched alkanes of at least 4 members (excludes halogenated alkanes) is 48. The molecule has 0 aliphatic carbocycles. The van der Waals surface area contributed by atoms with E-state index in [2.05, 4.69) is 57.2 Å². The summed E-state index contributed by atoms with van der Waals surface area (Å²) in [5, 5.41) is 0. The van der Waals surface area contributed by atoms with E-state index in [-0.39, 0.29) is 31.1 Å². The van der Waals surface area contributed by atoms with Gasteiger partial charge in [-0.05, 0) is 70.6 Å². The van der Waals surface area contributed by atoms with E-state index in [9.17, 15) is 14.4 Å². The van der Waals surface area contributed by atoms with Gasteiger partial charge in [-0.2, -0.15) is 0 Å². The van der Waals surface area contributed by atoms with Crippen molar-refractivity contribution in [3.63, 3.8) is 0 Å². The molecule has 0 N–H and O–H groups in total. The molecule has 0 aliphatic rings. The van der Waals surface area contributed by atoms with E-state index in [1.165, 1.54) is 263 Å². The molecule has 0 saturated heterocycles. The van der Waals surface area contributed by atoms with Gasteiger partial charge in [0.15, 0.2) is 6.10 Å². The maximum atomic E-state index is 12.9. The van der Waals surface area contributed by atoms with Gasteiger partial charge in [-0.15, -0.1) is 0 Å². The molecule has 0 radical (unpaired) electrons. The Labute approximate surface area is 486 Å². The fraction of sp³-hybridized carbons (Fsp3) is 0.875. The van der Waals surface area contributed by atoms with Crippen LogP contribution in [0.3, 0.4) is 0 Å². The van der Waals surface area contributed by atoms with Crippen molar-refractivity contribution in [1.29, 1.82) is 0 Å². The zero-order valence-corrected chi connectivity index (χ0v) is 52.7. The summed E-state index contributed by atoms with van der Waals surface area (Å²) in [5.41, 5.74) is 0. The molecule has 0 aliphatic heterocycles. The van der Waals surface area contributed by atoms with Gasteiger partial charge >= 0.3 is 17.9 Å². The highest BCUT2D eigenvalue weighted by molar-refractivity contribution is 5.71. The quantitative estimate of drug-likeness (QED) is 0.0261. The maximum Gasteiger partial charge on any atom is 0.306 e. The monoisotopic (exact) mass is 1100 g/mol. The Hall–Kier alpha value is -2.37. The zero-order chi connectivity index (χ0) is 56.4. The molecule has 0 aromatic carbocycles. The van der Waals surface area contributed by atoms with E-state index in [4.69, 9.17) is 14.2 Å². The van der Waals surface area contributed by atoms with Crippen molar-refractivity contribution in [3.8, 4) is 0 Å². The van der Waals surface area contributed by atoms with Gasteiger partial charge in [0.2, 0.25) is 0 Å². The van der Waals surface area contributed by atoms with E-state index < -0.39 is 6.10 Å². The lowest BCUT2D eigenvalue weighted by molar-refractivity contribution is -0.167. The lowest BCUT2D eigenvalue weighted by Crippen LogP contribution is -2.30. The van der Waals surface area contributed by atoms with Crippen molar-refractivity contribution in [2.75, 3.05) is 13.2 Å². The smallest absolute Gasteiger partial charge is 0.306 e. The summed E-state index contributed by atoms with van der Waals surface area (Å²) in [7, 11) is 0. The SMILES string of the molecule is CCC/C=C\C/C=C\CCCCCCCC(=O)OCC(COC(=O)CCCCCCCCCCCCCCCCCCCCCCCCCCCCCCCC)OC(=O)CCCCCCCCC/C=C\CCCCCCCC. The topological polar surface area (TPSA) is 78.9 Å². The maximum absolute atomic E-state index is 12.9. The van der Waals surface area contributed by atoms with E-state index in [0.29, 0.717) is 19.3 Å². The molecule has 0 spiro atoms.